The lowest BCUT2D eigenvalue weighted by Gasteiger charge is -2.29. The first-order chi connectivity index (χ1) is 14.5. The number of likely N-dealkylation sites (N-methyl/N-ethyl adjacent to an activating group) is 1. The summed E-state index contributed by atoms with van der Waals surface area (Å²) in [4.78, 5) is 27.3. The first-order valence-corrected chi connectivity index (χ1v) is 10.8. The van der Waals surface area contributed by atoms with Gasteiger partial charge in [0.05, 0.1) is 18.6 Å². The summed E-state index contributed by atoms with van der Waals surface area (Å²) < 4.78 is 4.79. The Balaban J connectivity index is 2.60. The van der Waals surface area contributed by atoms with Crippen molar-refractivity contribution in [3.05, 3.63) is 64.2 Å². The number of nitrogens with one attached hydrogen (secondary N) is 1. The Morgan fingerprint density at radius 3 is 2.20 bits per heavy atom. The van der Waals surface area contributed by atoms with Crippen molar-refractivity contribution in [2.24, 2.45) is 0 Å². The SMILES string of the molecule is CCCN(CCC)c1ccc(Cl)cc1C(C(=O)NCC)c1ccc(C(=O)OC)cc1. The van der Waals surface area contributed by atoms with E-state index < -0.39 is 11.9 Å². The Labute approximate surface area is 184 Å². The van der Waals surface area contributed by atoms with Gasteiger partial charge in [-0.3, -0.25) is 4.79 Å². The van der Waals surface area contributed by atoms with Crippen LogP contribution in [0.5, 0.6) is 0 Å². The Morgan fingerprint density at radius 1 is 1.03 bits per heavy atom. The normalized spacial score (nSPS) is 11.6. The maximum Gasteiger partial charge on any atom is 0.337 e. The molecule has 0 saturated heterocycles. The predicted molar refractivity (Wildman–Crippen MR) is 123 cm³/mol. The Kier molecular flexibility index (Phi) is 9.18. The van der Waals surface area contributed by atoms with Crippen molar-refractivity contribution in [3.63, 3.8) is 0 Å². The van der Waals surface area contributed by atoms with Crippen LogP contribution in [0.3, 0.4) is 0 Å². The molecule has 2 aromatic carbocycles. The first-order valence-electron chi connectivity index (χ1n) is 10.5. The number of hydrogen-bond acceptors (Lipinski definition) is 4. The highest BCUT2D eigenvalue weighted by atomic mass is 35.5. The quantitative estimate of drug-likeness (QED) is 0.537. The molecule has 0 spiro atoms. The van der Waals surface area contributed by atoms with Gasteiger partial charge in [0.25, 0.3) is 0 Å². The lowest BCUT2D eigenvalue weighted by molar-refractivity contribution is -0.121. The number of methoxy groups -OCH3 is 1. The zero-order chi connectivity index (χ0) is 22.1. The number of carbonyl (C=O) groups excluding carboxylic acids is 2. The van der Waals surface area contributed by atoms with E-state index in [9.17, 15) is 9.59 Å². The summed E-state index contributed by atoms with van der Waals surface area (Å²) in [7, 11) is 1.35. The molecule has 1 atom stereocenters. The van der Waals surface area contributed by atoms with E-state index in [4.69, 9.17) is 16.3 Å². The third kappa shape index (κ3) is 5.76. The van der Waals surface area contributed by atoms with Gasteiger partial charge in [0.1, 0.15) is 0 Å². The van der Waals surface area contributed by atoms with Crippen LogP contribution in [-0.4, -0.2) is 38.6 Å². The topological polar surface area (TPSA) is 58.6 Å². The van der Waals surface area contributed by atoms with E-state index in [1.54, 1.807) is 24.3 Å². The third-order valence-corrected chi connectivity index (χ3v) is 5.14. The number of hydrogen-bond donors (Lipinski definition) is 1. The molecular formula is C24H31ClN2O3. The number of ether oxygens (including phenoxy) is 1. The highest BCUT2D eigenvalue weighted by Crippen LogP contribution is 2.35. The van der Waals surface area contributed by atoms with Gasteiger partial charge in [-0.1, -0.05) is 37.6 Å². The molecule has 0 bridgehead atoms. The predicted octanol–water partition coefficient (Wildman–Crippen LogP) is 5.02. The zero-order valence-electron chi connectivity index (χ0n) is 18.2. The van der Waals surface area contributed by atoms with Crippen LogP contribution in [0, 0.1) is 0 Å². The van der Waals surface area contributed by atoms with Crippen molar-refractivity contribution in [3.8, 4) is 0 Å². The van der Waals surface area contributed by atoms with Crippen LogP contribution in [-0.2, 0) is 9.53 Å². The van der Waals surface area contributed by atoms with E-state index in [1.807, 2.05) is 25.1 Å². The van der Waals surface area contributed by atoms with Gasteiger partial charge in [0.2, 0.25) is 5.91 Å². The van der Waals surface area contributed by atoms with Crippen molar-refractivity contribution in [1.29, 1.82) is 0 Å². The van der Waals surface area contributed by atoms with Gasteiger partial charge in [0.15, 0.2) is 0 Å². The minimum Gasteiger partial charge on any atom is -0.465 e. The summed E-state index contributed by atoms with van der Waals surface area (Å²) in [6, 6.07) is 12.7. The Morgan fingerprint density at radius 2 is 1.67 bits per heavy atom. The van der Waals surface area contributed by atoms with E-state index >= 15 is 0 Å². The van der Waals surface area contributed by atoms with Crippen LogP contribution in [0.15, 0.2) is 42.5 Å². The van der Waals surface area contributed by atoms with Crippen LogP contribution < -0.4 is 10.2 Å². The molecule has 1 N–H and O–H groups in total. The average Bonchev–Trinajstić information content (AvgIpc) is 2.74. The molecule has 0 fully saturated rings. The molecule has 1 unspecified atom stereocenters. The molecule has 1 amide bonds. The number of nitrogens with zero attached hydrogens (tertiary/aromatic N) is 1. The van der Waals surface area contributed by atoms with Crippen LogP contribution in [0.2, 0.25) is 5.02 Å². The number of esters is 1. The smallest absolute Gasteiger partial charge is 0.337 e. The van der Waals surface area contributed by atoms with Crippen molar-refractivity contribution in [2.75, 3.05) is 31.6 Å². The van der Waals surface area contributed by atoms with Crippen LogP contribution >= 0.6 is 11.6 Å². The highest BCUT2D eigenvalue weighted by Gasteiger charge is 2.27. The Bertz CT molecular complexity index is 846. The van der Waals surface area contributed by atoms with Crippen molar-refractivity contribution in [2.45, 2.75) is 39.5 Å². The van der Waals surface area contributed by atoms with E-state index in [1.165, 1.54) is 7.11 Å². The highest BCUT2D eigenvalue weighted by molar-refractivity contribution is 6.30. The van der Waals surface area contributed by atoms with E-state index in [0.717, 1.165) is 42.7 Å². The molecule has 2 rings (SSSR count). The number of amides is 1. The summed E-state index contributed by atoms with van der Waals surface area (Å²) >= 11 is 6.36. The lowest BCUT2D eigenvalue weighted by Crippen LogP contribution is -2.32. The molecule has 162 valence electrons. The molecule has 0 aliphatic rings. The molecule has 0 aliphatic carbocycles. The standard InChI is InChI=1S/C24H31ClN2O3/c1-5-14-27(15-6-2)21-13-12-19(25)16-20(21)22(23(28)26-7-3)17-8-10-18(11-9-17)24(29)30-4/h8-13,16,22H,5-7,14-15H2,1-4H3,(H,26,28). The number of benzene rings is 2. The molecule has 0 radical (unpaired) electrons. The Hall–Kier alpha value is -2.53. The summed E-state index contributed by atoms with van der Waals surface area (Å²) in [5, 5.41) is 3.53. The fraction of sp³-hybridized carbons (Fsp3) is 0.417. The van der Waals surface area contributed by atoms with Gasteiger partial charge < -0.3 is 15.0 Å². The maximum atomic E-state index is 13.2. The van der Waals surface area contributed by atoms with Crippen molar-refractivity contribution in [1.82, 2.24) is 5.32 Å². The van der Waals surface area contributed by atoms with Gasteiger partial charge in [-0.05, 0) is 61.2 Å². The molecule has 0 aromatic heterocycles. The summed E-state index contributed by atoms with van der Waals surface area (Å²) in [5.41, 5.74) is 3.11. The number of carbonyl (C=O) groups is 2. The second kappa shape index (κ2) is 11.6. The summed E-state index contributed by atoms with van der Waals surface area (Å²) in [6.07, 6.45) is 2.00. The average molecular weight is 431 g/mol. The van der Waals surface area contributed by atoms with Crippen molar-refractivity contribution < 1.29 is 14.3 Å². The molecule has 0 aliphatic heterocycles. The monoisotopic (exact) mass is 430 g/mol. The summed E-state index contributed by atoms with van der Waals surface area (Å²) in [6.45, 7) is 8.50. The van der Waals surface area contributed by atoms with E-state index in [0.29, 0.717) is 17.1 Å². The number of halogens is 1. The molecule has 30 heavy (non-hydrogen) atoms. The first kappa shape index (κ1) is 23.7. The van der Waals surface area contributed by atoms with Gasteiger partial charge in [-0.2, -0.15) is 0 Å². The largest absolute Gasteiger partial charge is 0.465 e. The fourth-order valence-electron chi connectivity index (χ4n) is 3.62. The minimum atomic E-state index is -0.540. The van der Waals surface area contributed by atoms with Crippen LogP contribution in [0.4, 0.5) is 5.69 Å². The van der Waals surface area contributed by atoms with Crippen LogP contribution in [0.1, 0.15) is 61.0 Å². The van der Waals surface area contributed by atoms with Crippen LogP contribution in [0.25, 0.3) is 0 Å². The lowest BCUT2D eigenvalue weighted by atomic mass is 9.88. The number of anilines is 1. The van der Waals surface area contributed by atoms with Gasteiger partial charge in [-0.15, -0.1) is 0 Å². The summed E-state index contributed by atoms with van der Waals surface area (Å²) in [5.74, 6) is -1.04. The van der Waals surface area contributed by atoms with Gasteiger partial charge >= 0.3 is 5.97 Å². The zero-order valence-corrected chi connectivity index (χ0v) is 19.0. The number of rotatable bonds is 10. The van der Waals surface area contributed by atoms with Gasteiger partial charge in [0, 0.05) is 30.3 Å². The third-order valence-electron chi connectivity index (χ3n) is 4.91. The molecule has 6 heteroatoms. The van der Waals surface area contributed by atoms with E-state index in [-0.39, 0.29) is 5.91 Å². The minimum absolute atomic E-state index is 0.0974. The molecule has 5 nitrogen and oxygen atoms in total. The molecular weight excluding hydrogens is 400 g/mol. The fourth-order valence-corrected chi connectivity index (χ4v) is 3.80. The molecule has 0 heterocycles. The maximum absolute atomic E-state index is 13.2. The van der Waals surface area contributed by atoms with Gasteiger partial charge in [-0.25, -0.2) is 4.79 Å². The van der Waals surface area contributed by atoms with Crippen molar-refractivity contribution >= 4 is 29.2 Å². The molecule has 2 aromatic rings. The van der Waals surface area contributed by atoms with E-state index in [2.05, 4.69) is 24.1 Å². The second-order valence-electron chi connectivity index (χ2n) is 7.13. The second-order valence-corrected chi connectivity index (χ2v) is 7.57. The molecule has 0 saturated carbocycles.